The maximum atomic E-state index is 12.9. The van der Waals surface area contributed by atoms with E-state index in [-0.39, 0.29) is 30.7 Å². The third-order valence-corrected chi connectivity index (χ3v) is 5.92. The van der Waals surface area contributed by atoms with Gasteiger partial charge < -0.3 is 14.8 Å². The Labute approximate surface area is 188 Å². The predicted molar refractivity (Wildman–Crippen MR) is 120 cm³/mol. The van der Waals surface area contributed by atoms with Gasteiger partial charge in [-0.15, -0.1) is 35.0 Å². The second-order valence-electron chi connectivity index (χ2n) is 7.63. The van der Waals surface area contributed by atoms with Gasteiger partial charge in [0.05, 0.1) is 18.5 Å². The van der Waals surface area contributed by atoms with Crippen LogP contribution in [0.4, 0.5) is 0 Å². The van der Waals surface area contributed by atoms with Gasteiger partial charge in [0.25, 0.3) is 0 Å². The minimum atomic E-state index is 0. The Morgan fingerprint density at radius 2 is 1.87 bits per heavy atom. The number of amides is 1. The van der Waals surface area contributed by atoms with Crippen LogP contribution in [-0.4, -0.2) is 50.2 Å². The number of piperidine rings is 1. The number of halogens is 2. The second kappa shape index (κ2) is 9.73. The topological polar surface area (TPSA) is 75.9 Å². The Bertz CT molecular complexity index is 1010. The van der Waals surface area contributed by atoms with Crippen LogP contribution in [-0.2, 0) is 24.3 Å². The first-order valence-corrected chi connectivity index (χ1v) is 10.0. The molecule has 1 fully saturated rings. The minimum Gasteiger partial charge on any atom is -0.342 e. The van der Waals surface area contributed by atoms with Crippen molar-refractivity contribution in [2.75, 3.05) is 19.6 Å². The van der Waals surface area contributed by atoms with Crippen LogP contribution >= 0.6 is 24.8 Å². The molecule has 1 aromatic carbocycles. The number of hydrogen-bond acceptors (Lipinski definition) is 5. The summed E-state index contributed by atoms with van der Waals surface area (Å²) in [6.07, 6.45) is 4.10. The summed E-state index contributed by atoms with van der Waals surface area (Å²) in [6.45, 7) is 4.26. The molecule has 1 saturated heterocycles. The summed E-state index contributed by atoms with van der Waals surface area (Å²) in [6, 6.07) is 10.0. The van der Waals surface area contributed by atoms with Gasteiger partial charge in [-0.2, -0.15) is 0 Å². The summed E-state index contributed by atoms with van der Waals surface area (Å²) in [7, 11) is 0. The molecule has 0 aliphatic carbocycles. The van der Waals surface area contributed by atoms with Crippen molar-refractivity contribution < 1.29 is 4.79 Å². The van der Waals surface area contributed by atoms with E-state index in [0.29, 0.717) is 12.3 Å². The zero-order chi connectivity index (χ0) is 18.9. The summed E-state index contributed by atoms with van der Waals surface area (Å²) >= 11 is 0. The van der Waals surface area contributed by atoms with Crippen molar-refractivity contribution in [3.63, 3.8) is 0 Å². The summed E-state index contributed by atoms with van der Waals surface area (Å²) in [5, 5.41) is 13.2. The molecule has 0 spiro atoms. The van der Waals surface area contributed by atoms with E-state index in [2.05, 4.69) is 25.1 Å². The number of benzene rings is 1. The van der Waals surface area contributed by atoms with Gasteiger partial charge >= 0.3 is 0 Å². The third kappa shape index (κ3) is 4.29. The number of hydrogen-bond donors (Lipinski definition) is 1. The number of pyridine rings is 1. The maximum absolute atomic E-state index is 12.9. The summed E-state index contributed by atoms with van der Waals surface area (Å²) in [4.78, 5) is 19.4. The highest BCUT2D eigenvalue weighted by Crippen LogP contribution is 2.28. The number of fused-ring (bicyclic) bond motifs is 2. The first kappa shape index (κ1) is 22.5. The van der Waals surface area contributed by atoms with E-state index in [1.165, 1.54) is 0 Å². The van der Waals surface area contributed by atoms with E-state index in [0.717, 1.165) is 73.7 Å². The van der Waals surface area contributed by atoms with Crippen LogP contribution < -0.4 is 5.32 Å². The molecule has 0 radical (unpaired) electrons. The minimum absolute atomic E-state index is 0. The number of para-hydroxylation sites is 1. The number of rotatable bonds is 3. The molecule has 5 rings (SSSR count). The molecular weight excluding hydrogens is 423 g/mol. The monoisotopic (exact) mass is 448 g/mol. The molecule has 1 amide bonds. The van der Waals surface area contributed by atoms with E-state index >= 15 is 0 Å². The SMILES string of the molecule is Cl.Cl.O=C(Cc1cccc2cccnc12)N1CCC(c2nnc3n2CCNC3)CC1. The molecular formula is C21H26Cl2N6O. The van der Waals surface area contributed by atoms with Crippen molar-refractivity contribution in [3.8, 4) is 0 Å². The van der Waals surface area contributed by atoms with E-state index in [4.69, 9.17) is 0 Å². The van der Waals surface area contributed by atoms with Gasteiger partial charge in [0.2, 0.25) is 5.91 Å². The highest BCUT2D eigenvalue weighted by molar-refractivity contribution is 5.87. The predicted octanol–water partition coefficient (Wildman–Crippen LogP) is 2.72. The van der Waals surface area contributed by atoms with Crippen molar-refractivity contribution in [1.82, 2.24) is 30.0 Å². The van der Waals surface area contributed by atoms with Crippen LogP contribution in [0.2, 0.25) is 0 Å². The molecule has 0 bridgehead atoms. The van der Waals surface area contributed by atoms with Gasteiger partial charge in [-0.25, -0.2) is 0 Å². The van der Waals surface area contributed by atoms with Crippen molar-refractivity contribution in [1.29, 1.82) is 0 Å². The van der Waals surface area contributed by atoms with Crippen LogP contribution in [0.15, 0.2) is 36.5 Å². The van der Waals surface area contributed by atoms with Gasteiger partial charge in [0.1, 0.15) is 11.6 Å². The Balaban J connectivity index is 0.00000128. The molecule has 7 nitrogen and oxygen atoms in total. The molecule has 2 aromatic heterocycles. The van der Waals surface area contributed by atoms with E-state index in [9.17, 15) is 4.79 Å². The Hall–Kier alpha value is -2.22. The molecule has 2 aliphatic heterocycles. The third-order valence-electron chi connectivity index (χ3n) is 5.92. The highest BCUT2D eigenvalue weighted by Gasteiger charge is 2.28. The van der Waals surface area contributed by atoms with E-state index in [1.54, 1.807) is 6.20 Å². The summed E-state index contributed by atoms with van der Waals surface area (Å²) < 4.78 is 2.26. The fourth-order valence-corrected chi connectivity index (χ4v) is 4.39. The zero-order valence-corrected chi connectivity index (χ0v) is 18.3. The van der Waals surface area contributed by atoms with Crippen molar-refractivity contribution in [3.05, 3.63) is 53.7 Å². The highest BCUT2D eigenvalue weighted by atomic mass is 35.5. The molecule has 0 unspecified atom stereocenters. The molecule has 9 heteroatoms. The number of carbonyl (C=O) groups excluding carboxylic acids is 1. The van der Waals surface area contributed by atoms with Crippen LogP contribution in [0, 0.1) is 0 Å². The fraction of sp³-hybridized carbons (Fsp3) is 0.429. The van der Waals surface area contributed by atoms with E-state index in [1.807, 2.05) is 35.2 Å². The lowest BCUT2D eigenvalue weighted by molar-refractivity contribution is -0.131. The number of carbonyl (C=O) groups is 1. The molecule has 1 N–H and O–H groups in total. The molecule has 3 aromatic rings. The lowest BCUT2D eigenvalue weighted by Gasteiger charge is -2.32. The lowest BCUT2D eigenvalue weighted by atomic mass is 9.95. The lowest BCUT2D eigenvalue weighted by Crippen LogP contribution is -2.39. The van der Waals surface area contributed by atoms with Crippen molar-refractivity contribution >= 4 is 41.6 Å². The van der Waals surface area contributed by atoms with E-state index < -0.39 is 0 Å². The number of likely N-dealkylation sites (tertiary alicyclic amines) is 1. The average molecular weight is 449 g/mol. The first-order chi connectivity index (χ1) is 13.8. The largest absolute Gasteiger partial charge is 0.342 e. The van der Waals surface area contributed by atoms with Gasteiger partial charge in [-0.1, -0.05) is 24.3 Å². The normalized spacial score (nSPS) is 16.5. The standard InChI is InChI=1S/C21H24N6O.2ClH/c28-19(13-17-4-1-3-15-5-2-8-23-20(15)17)26-10-6-16(7-11-26)21-25-24-18-14-22-9-12-27(18)21;;/h1-5,8,16,22H,6-7,9-14H2;2*1H. The number of nitrogens with zero attached hydrogens (tertiary/aromatic N) is 5. The fourth-order valence-electron chi connectivity index (χ4n) is 4.39. The van der Waals surface area contributed by atoms with Crippen LogP contribution in [0.1, 0.15) is 36.0 Å². The summed E-state index contributed by atoms with van der Waals surface area (Å²) in [5.74, 6) is 2.71. The molecule has 30 heavy (non-hydrogen) atoms. The second-order valence-corrected chi connectivity index (χ2v) is 7.63. The number of nitrogens with one attached hydrogen (secondary N) is 1. The van der Waals surface area contributed by atoms with Crippen LogP contribution in [0.3, 0.4) is 0 Å². The van der Waals surface area contributed by atoms with Crippen molar-refractivity contribution in [2.24, 2.45) is 0 Å². The van der Waals surface area contributed by atoms with Gasteiger partial charge in [0, 0.05) is 43.7 Å². The Morgan fingerprint density at radius 1 is 1.07 bits per heavy atom. The maximum Gasteiger partial charge on any atom is 0.227 e. The number of aromatic nitrogens is 4. The molecule has 0 atom stereocenters. The quantitative estimate of drug-likeness (QED) is 0.666. The van der Waals surface area contributed by atoms with Gasteiger partial charge in [-0.3, -0.25) is 9.78 Å². The van der Waals surface area contributed by atoms with Crippen LogP contribution in [0.25, 0.3) is 10.9 Å². The zero-order valence-electron chi connectivity index (χ0n) is 16.7. The summed E-state index contributed by atoms with van der Waals surface area (Å²) in [5.41, 5.74) is 1.93. The Kier molecular flexibility index (Phi) is 7.28. The van der Waals surface area contributed by atoms with Gasteiger partial charge in [0.15, 0.2) is 0 Å². The molecule has 160 valence electrons. The van der Waals surface area contributed by atoms with Crippen LogP contribution in [0.5, 0.6) is 0 Å². The van der Waals surface area contributed by atoms with Crippen molar-refractivity contribution in [2.45, 2.75) is 38.3 Å². The molecule has 0 saturated carbocycles. The molecule has 4 heterocycles. The van der Waals surface area contributed by atoms with Gasteiger partial charge in [-0.05, 0) is 24.5 Å². The average Bonchev–Trinajstić information content (AvgIpc) is 3.18. The smallest absolute Gasteiger partial charge is 0.227 e. The first-order valence-electron chi connectivity index (χ1n) is 10.0. The Morgan fingerprint density at radius 3 is 2.70 bits per heavy atom. The molecule has 2 aliphatic rings.